The van der Waals surface area contributed by atoms with Gasteiger partial charge in [0, 0.05) is 30.9 Å². The zero-order valence-corrected chi connectivity index (χ0v) is 13.4. The summed E-state index contributed by atoms with van der Waals surface area (Å²) >= 11 is 0. The van der Waals surface area contributed by atoms with E-state index in [-0.39, 0.29) is 0 Å². The van der Waals surface area contributed by atoms with Crippen molar-refractivity contribution in [3.8, 4) is 0 Å². The zero-order chi connectivity index (χ0) is 14.6. The van der Waals surface area contributed by atoms with Gasteiger partial charge in [-0.15, -0.1) is 0 Å². The number of nitrogens with one attached hydrogen (secondary N) is 1. The first kappa shape index (κ1) is 17.1. The molecule has 0 aliphatic carbocycles. The normalized spacial score (nSPS) is 12.8. The standard InChI is InChI=1S/C17H31N3/c1-4-12-18-16(5-2)10-8-14-20(3)15-11-17-9-6-7-13-19-17/h6-7,9,13,16,18H,4-5,8,10-12,14-15H2,1-3H3. The Bertz CT molecular complexity index is 326. The fraction of sp³-hybridized carbons (Fsp3) is 0.706. The first-order valence-corrected chi connectivity index (χ1v) is 8.08. The topological polar surface area (TPSA) is 28.2 Å². The Morgan fingerprint density at radius 3 is 2.75 bits per heavy atom. The van der Waals surface area contributed by atoms with Gasteiger partial charge in [0.2, 0.25) is 0 Å². The average molecular weight is 277 g/mol. The van der Waals surface area contributed by atoms with E-state index in [9.17, 15) is 0 Å². The minimum Gasteiger partial charge on any atom is -0.314 e. The quantitative estimate of drug-likeness (QED) is 0.673. The Balaban J connectivity index is 2.11. The van der Waals surface area contributed by atoms with Gasteiger partial charge in [-0.05, 0) is 58.0 Å². The van der Waals surface area contributed by atoms with Crippen molar-refractivity contribution < 1.29 is 0 Å². The molecule has 0 aromatic carbocycles. The third kappa shape index (κ3) is 7.61. The fourth-order valence-electron chi connectivity index (χ4n) is 2.37. The van der Waals surface area contributed by atoms with Crippen molar-refractivity contribution in [1.29, 1.82) is 0 Å². The lowest BCUT2D eigenvalue weighted by atomic mass is 10.1. The van der Waals surface area contributed by atoms with Crippen LogP contribution in [0.25, 0.3) is 0 Å². The highest BCUT2D eigenvalue weighted by atomic mass is 15.1. The molecule has 3 nitrogen and oxygen atoms in total. The molecule has 1 heterocycles. The van der Waals surface area contributed by atoms with Crippen molar-refractivity contribution >= 4 is 0 Å². The van der Waals surface area contributed by atoms with Crippen molar-refractivity contribution in [3.63, 3.8) is 0 Å². The van der Waals surface area contributed by atoms with E-state index in [0.717, 1.165) is 19.5 Å². The van der Waals surface area contributed by atoms with Crippen LogP contribution in [0.3, 0.4) is 0 Å². The number of likely N-dealkylation sites (N-methyl/N-ethyl adjacent to an activating group) is 1. The molecule has 1 aromatic heterocycles. The van der Waals surface area contributed by atoms with Crippen LogP contribution in [-0.2, 0) is 6.42 Å². The summed E-state index contributed by atoms with van der Waals surface area (Å²) in [5, 5.41) is 3.62. The molecule has 0 aliphatic heterocycles. The molecular formula is C17H31N3. The van der Waals surface area contributed by atoms with Crippen molar-refractivity contribution in [2.24, 2.45) is 0 Å². The lowest BCUT2D eigenvalue weighted by Crippen LogP contribution is -2.30. The summed E-state index contributed by atoms with van der Waals surface area (Å²) in [6.45, 7) is 7.92. The van der Waals surface area contributed by atoms with Crippen LogP contribution in [0, 0.1) is 0 Å². The van der Waals surface area contributed by atoms with Gasteiger partial charge in [-0.2, -0.15) is 0 Å². The molecule has 0 saturated heterocycles. The third-order valence-corrected chi connectivity index (χ3v) is 3.74. The second-order valence-electron chi connectivity index (χ2n) is 5.58. The summed E-state index contributed by atoms with van der Waals surface area (Å²) in [5.41, 5.74) is 1.19. The van der Waals surface area contributed by atoms with Gasteiger partial charge in [0.25, 0.3) is 0 Å². The van der Waals surface area contributed by atoms with Gasteiger partial charge >= 0.3 is 0 Å². The molecule has 1 unspecified atom stereocenters. The number of pyridine rings is 1. The monoisotopic (exact) mass is 277 g/mol. The molecule has 1 aromatic rings. The van der Waals surface area contributed by atoms with Crippen LogP contribution in [0.4, 0.5) is 0 Å². The van der Waals surface area contributed by atoms with E-state index >= 15 is 0 Å². The first-order valence-electron chi connectivity index (χ1n) is 8.08. The molecule has 0 fully saturated rings. The van der Waals surface area contributed by atoms with Crippen LogP contribution in [0.2, 0.25) is 0 Å². The third-order valence-electron chi connectivity index (χ3n) is 3.74. The molecule has 114 valence electrons. The molecule has 0 radical (unpaired) electrons. The Morgan fingerprint density at radius 2 is 2.10 bits per heavy atom. The smallest absolute Gasteiger partial charge is 0.0416 e. The zero-order valence-electron chi connectivity index (χ0n) is 13.4. The maximum absolute atomic E-state index is 4.37. The van der Waals surface area contributed by atoms with Crippen LogP contribution in [-0.4, -0.2) is 42.6 Å². The predicted octanol–water partition coefficient (Wildman–Crippen LogP) is 3.11. The molecule has 0 aliphatic rings. The highest BCUT2D eigenvalue weighted by Gasteiger charge is 2.06. The maximum Gasteiger partial charge on any atom is 0.0416 e. The summed E-state index contributed by atoms with van der Waals surface area (Å²) in [6, 6.07) is 6.84. The summed E-state index contributed by atoms with van der Waals surface area (Å²) in [7, 11) is 2.21. The lowest BCUT2D eigenvalue weighted by Gasteiger charge is -2.20. The van der Waals surface area contributed by atoms with Gasteiger partial charge < -0.3 is 10.2 Å². The summed E-state index contributed by atoms with van der Waals surface area (Å²) in [6.07, 6.45) is 7.93. The van der Waals surface area contributed by atoms with E-state index < -0.39 is 0 Å². The number of hydrogen-bond donors (Lipinski definition) is 1. The molecule has 0 bridgehead atoms. The van der Waals surface area contributed by atoms with Gasteiger partial charge in [-0.1, -0.05) is 19.9 Å². The van der Waals surface area contributed by atoms with E-state index in [1.165, 1.54) is 37.9 Å². The predicted molar refractivity (Wildman–Crippen MR) is 87.0 cm³/mol. The second-order valence-corrected chi connectivity index (χ2v) is 5.58. The average Bonchev–Trinajstić information content (AvgIpc) is 2.49. The van der Waals surface area contributed by atoms with Crippen molar-refractivity contribution in [1.82, 2.24) is 15.2 Å². The summed E-state index contributed by atoms with van der Waals surface area (Å²) in [4.78, 5) is 6.79. The fourth-order valence-corrected chi connectivity index (χ4v) is 2.37. The number of nitrogens with zero attached hydrogens (tertiary/aromatic N) is 2. The molecule has 0 amide bonds. The minimum absolute atomic E-state index is 0.694. The Hall–Kier alpha value is -0.930. The molecular weight excluding hydrogens is 246 g/mol. The van der Waals surface area contributed by atoms with Gasteiger partial charge in [0.15, 0.2) is 0 Å². The van der Waals surface area contributed by atoms with E-state index in [0.29, 0.717) is 6.04 Å². The summed E-state index contributed by atoms with van der Waals surface area (Å²) < 4.78 is 0. The first-order chi connectivity index (χ1) is 9.76. The number of rotatable bonds is 11. The van der Waals surface area contributed by atoms with Crippen LogP contribution < -0.4 is 5.32 Å². The van der Waals surface area contributed by atoms with Crippen molar-refractivity contribution in [2.75, 3.05) is 26.7 Å². The Kier molecular flexibility index (Phi) is 9.25. The SMILES string of the molecule is CCCNC(CC)CCCN(C)CCc1ccccn1. The van der Waals surface area contributed by atoms with Gasteiger partial charge in [-0.3, -0.25) is 4.98 Å². The Labute approximate surface area is 124 Å². The minimum atomic E-state index is 0.694. The van der Waals surface area contributed by atoms with Crippen molar-refractivity contribution in [2.45, 2.75) is 52.0 Å². The molecule has 0 spiro atoms. The second kappa shape index (κ2) is 10.8. The number of hydrogen-bond acceptors (Lipinski definition) is 3. The van der Waals surface area contributed by atoms with Crippen LogP contribution >= 0.6 is 0 Å². The molecule has 1 rings (SSSR count). The number of aromatic nitrogens is 1. The molecule has 1 N–H and O–H groups in total. The highest BCUT2D eigenvalue weighted by molar-refractivity contribution is 5.03. The largest absolute Gasteiger partial charge is 0.314 e. The van der Waals surface area contributed by atoms with E-state index in [1.807, 2.05) is 12.3 Å². The Morgan fingerprint density at radius 1 is 1.25 bits per heavy atom. The van der Waals surface area contributed by atoms with E-state index in [4.69, 9.17) is 0 Å². The summed E-state index contributed by atoms with van der Waals surface area (Å²) in [5.74, 6) is 0. The molecule has 3 heteroatoms. The maximum atomic E-state index is 4.37. The lowest BCUT2D eigenvalue weighted by molar-refractivity contribution is 0.316. The molecule has 0 saturated carbocycles. The van der Waals surface area contributed by atoms with Crippen LogP contribution in [0.1, 0.15) is 45.2 Å². The van der Waals surface area contributed by atoms with E-state index in [1.54, 1.807) is 0 Å². The highest BCUT2D eigenvalue weighted by Crippen LogP contribution is 2.04. The van der Waals surface area contributed by atoms with E-state index in [2.05, 4.69) is 48.2 Å². The van der Waals surface area contributed by atoms with Gasteiger partial charge in [-0.25, -0.2) is 0 Å². The van der Waals surface area contributed by atoms with Crippen molar-refractivity contribution in [3.05, 3.63) is 30.1 Å². The van der Waals surface area contributed by atoms with Crippen LogP contribution in [0.15, 0.2) is 24.4 Å². The molecule has 1 atom stereocenters. The van der Waals surface area contributed by atoms with Crippen LogP contribution in [0.5, 0.6) is 0 Å². The molecule has 20 heavy (non-hydrogen) atoms. The van der Waals surface area contributed by atoms with Gasteiger partial charge in [0.05, 0.1) is 0 Å². The van der Waals surface area contributed by atoms with Gasteiger partial charge in [0.1, 0.15) is 0 Å².